The molecule has 0 aliphatic carbocycles. The van der Waals surface area contributed by atoms with Crippen molar-refractivity contribution in [2.24, 2.45) is 17.1 Å². The predicted molar refractivity (Wildman–Crippen MR) is 77.6 cm³/mol. The third-order valence-corrected chi connectivity index (χ3v) is 3.87. The zero-order valence-corrected chi connectivity index (χ0v) is 12.5. The molecular formula is C14H24N2OS. The average molecular weight is 268 g/mol. The van der Waals surface area contributed by atoms with Gasteiger partial charge in [-0.3, -0.25) is 4.79 Å². The van der Waals surface area contributed by atoms with Crippen molar-refractivity contribution in [2.75, 3.05) is 6.54 Å². The summed E-state index contributed by atoms with van der Waals surface area (Å²) in [4.78, 5) is 13.2. The van der Waals surface area contributed by atoms with Gasteiger partial charge >= 0.3 is 0 Å². The minimum Gasteiger partial charge on any atom is -0.354 e. The van der Waals surface area contributed by atoms with Crippen LogP contribution in [0, 0.1) is 11.3 Å². The van der Waals surface area contributed by atoms with E-state index in [1.165, 1.54) is 4.88 Å². The van der Waals surface area contributed by atoms with E-state index in [4.69, 9.17) is 5.73 Å². The van der Waals surface area contributed by atoms with E-state index in [-0.39, 0.29) is 11.3 Å². The molecule has 3 N–H and O–H groups in total. The summed E-state index contributed by atoms with van der Waals surface area (Å²) in [6.07, 6.45) is 1.00. The number of hydrogen-bond acceptors (Lipinski definition) is 3. The summed E-state index contributed by atoms with van der Waals surface area (Å²) in [5.41, 5.74) is 5.71. The number of nitrogens with one attached hydrogen (secondary N) is 1. The Hall–Kier alpha value is -0.870. The van der Waals surface area contributed by atoms with E-state index < -0.39 is 6.04 Å². The van der Waals surface area contributed by atoms with Crippen LogP contribution >= 0.6 is 11.3 Å². The first kappa shape index (κ1) is 15.2. The average Bonchev–Trinajstić information content (AvgIpc) is 2.76. The van der Waals surface area contributed by atoms with Gasteiger partial charge in [-0.2, -0.15) is 0 Å². The lowest BCUT2D eigenvalue weighted by Crippen LogP contribution is -2.49. The number of carbonyl (C=O) groups is 1. The summed E-state index contributed by atoms with van der Waals surface area (Å²) < 4.78 is 0. The molecule has 1 heterocycles. The van der Waals surface area contributed by atoms with Crippen LogP contribution in [0.25, 0.3) is 0 Å². The fourth-order valence-corrected chi connectivity index (χ4v) is 2.49. The van der Waals surface area contributed by atoms with Crippen LogP contribution in [-0.4, -0.2) is 18.5 Å². The monoisotopic (exact) mass is 268 g/mol. The smallest absolute Gasteiger partial charge is 0.237 e. The van der Waals surface area contributed by atoms with E-state index in [2.05, 4.69) is 29.8 Å². The topological polar surface area (TPSA) is 55.1 Å². The Morgan fingerprint density at radius 1 is 1.50 bits per heavy atom. The molecule has 1 rings (SSSR count). The lowest BCUT2D eigenvalue weighted by atomic mass is 9.87. The maximum Gasteiger partial charge on any atom is 0.237 e. The van der Waals surface area contributed by atoms with Crippen LogP contribution in [0.3, 0.4) is 0 Å². The maximum absolute atomic E-state index is 11.9. The molecular weight excluding hydrogens is 244 g/mol. The first-order valence-corrected chi connectivity index (χ1v) is 7.24. The van der Waals surface area contributed by atoms with Crippen LogP contribution in [0.4, 0.5) is 0 Å². The van der Waals surface area contributed by atoms with Crippen molar-refractivity contribution >= 4 is 17.2 Å². The van der Waals surface area contributed by atoms with Crippen molar-refractivity contribution in [3.05, 3.63) is 22.4 Å². The number of thiophene rings is 1. The highest BCUT2D eigenvalue weighted by Gasteiger charge is 2.27. The molecule has 0 aliphatic rings. The standard InChI is InChI=1S/C14H24N2OS/c1-10(8-11-6-5-7-18-11)9-16-13(17)12(15)14(2,3)4/h5-7,10,12H,8-9,15H2,1-4H3,(H,16,17)/t10?,12-/m1/s1. The van der Waals surface area contributed by atoms with Crippen molar-refractivity contribution in [1.82, 2.24) is 5.32 Å². The zero-order valence-electron chi connectivity index (χ0n) is 11.7. The van der Waals surface area contributed by atoms with Crippen LogP contribution < -0.4 is 11.1 Å². The Bertz CT molecular complexity index is 368. The van der Waals surface area contributed by atoms with Gasteiger partial charge in [0.25, 0.3) is 0 Å². The first-order chi connectivity index (χ1) is 8.30. The van der Waals surface area contributed by atoms with E-state index in [1.54, 1.807) is 11.3 Å². The van der Waals surface area contributed by atoms with Crippen LogP contribution in [0.1, 0.15) is 32.6 Å². The van der Waals surface area contributed by atoms with Crippen LogP contribution in [0.2, 0.25) is 0 Å². The third-order valence-electron chi connectivity index (χ3n) is 2.97. The van der Waals surface area contributed by atoms with Gasteiger partial charge in [0.05, 0.1) is 6.04 Å². The Kier molecular flexibility index (Phi) is 5.35. The van der Waals surface area contributed by atoms with Gasteiger partial charge in [-0.05, 0) is 29.2 Å². The normalized spacial score (nSPS) is 15.2. The van der Waals surface area contributed by atoms with E-state index >= 15 is 0 Å². The highest BCUT2D eigenvalue weighted by molar-refractivity contribution is 7.09. The fraction of sp³-hybridized carbons (Fsp3) is 0.643. The molecule has 3 nitrogen and oxygen atoms in total. The molecule has 0 aromatic carbocycles. The second-order valence-electron chi connectivity index (χ2n) is 5.98. The summed E-state index contributed by atoms with van der Waals surface area (Å²) in [6.45, 7) is 8.76. The zero-order chi connectivity index (χ0) is 13.8. The first-order valence-electron chi connectivity index (χ1n) is 6.36. The molecule has 0 spiro atoms. The second-order valence-corrected chi connectivity index (χ2v) is 7.01. The predicted octanol–water partition coefficient (Wildman–Crippen LogP) is 2.42. The lowest BCUT2D eigenvalue weighted by molar-refractivity contribution is -0.124. The Labute approximate surface area is 114 Å². The summed E-state index contributed by atoms with van der Waals surface area (Å²) in [5, 5.41) is 5.02. The summed E-state index contributed by atoms with van der Waals surface area (Å²) in [5.74, 6) is 0.375. The summed E-state index contributed by atoms with van der Waals surface area (Å²) in [7, 11) is 0. The second kappa shape index (κ2) is 6.34. The minimum atomic E-state index is -0.452. The largest absolute Gasteiger partial charge is 0.354 e. The molecule has 102 valence electrons. The van der Waals surface area contributed by atoms with Gasteiger partial charge in [0.1, 0.15) is 0 Å². The molecule has 2 atom stereocenters. The van der Waals surface area contributed by atoms with Gasteiger partial charge < -0.3 is 11.1 Å². The number of hydrogen-bond donors (Lipinski definition) is 2. The molecule has 0 saturated heterocycles. The Balaban J connectivity index is 2.34. The van der Waals surface area contributed by atoms with E-state index in [0.29, 0.717) is 12.5 Å². The number of amides is 1. The summed E-state index contributed by atoms with van der Waals surface area (Å²) in [6, 6.07) is 3.73. The van der Waals surface area contributed by atoms with Gasteiger partial charge in [-0.25, -0.2) is 0 Å². The van der Waals surface area contributed by atoms with Crippen molar-refractivity contribution in [3.8, 4) is 0 Å². The highest BCUT2D eigenvalue weighted by Crippen LogP contribution is 2.17. The van der Waals surface area contributed by atoms with Crippen molar-refractivity contribution in [2.45, 2.75) is 40.2 Å². The Morgan fingerprint density at radius 2 is 2.17 bits per heavy atom. The maximum atomic E-state index is 11.9. The molecule has 0 aliphatic heterocycles. The van der Waals surface area contributed by atoms with Gasteiger partial charge in [0.2, 0.25) is 5.91 Å². The number of carbonyl (C=O) groups excluding carboxylic acids is 1. The lowest BCUT2D eigenvalue weighted by Gasteiger charge is -2.26. The van der Waals surface area contributed by atoms with E-state index in [1.807, 2.05) is 20.8 Å². The van der Waals surface area contributed by atoms with Gasteiger partial charge in [-0.1, -0.05) is 33.8 Å². The quantitative estimate of drug-likeness (QED) is 0.861. The molecule has 0 saturated carbocycles. The van der Waals surface area contributed by atoms with Crippen molar-refractivity contribution in [1.29, 1.82) is 0 Å². The molecule has 1 amide bonds. The molecule has 0 fully saturated rings. The minimum absolute atomic E-state index is 0.0551. The fourth-order valence-electron chi connectivity index (χ4n) is 1.62. The van der Waals surface area contributed by atoms with Crippen LogP contribution in [0.5, 0.6) is 0 Å². The SMILES string of the molecule is CC(CNC(=O)[C@@H](N)C(C)(C)C)Cc1cccs1. The summed E-state index contributed by atoms with van der Waals surface area (Å²) >= 11 is 1.76. The van der Waals surface area contributed by atoms with Crippen molar-refractivity contribution < 1.29 is 4.79 Å². The molecule has 18 heavy (non-hydrogen) atoms. The van der Waals surface area contributed by atoms with Gasteiger partial charge in [-0.15, -0.1) is 11.3 Å². The van der Waals surface area contributed by atoms with Crippen LogP contribution in [-0.2, 0) is 11.2 Å². The highest BCUT2D eigenvalue weighted by atomic mass is 32.1. The van der Waals surface area contributed by atoms with Gasteiger partial charge in [0, 0.05) is 11.4 Å². The molecule has 1 unspecified atom stereocenters. The van der Waals surface area contributed by atoms with Gasteiger partial charge in [0.15, 0.2) is 0 Å². The van der Waals surface area contributed by atoms with E-state index in [0.717, 1.165) is 6.42 Å². The molecule has 1 aromatic heterocycles. The molecule has 1 aromatic rings. The Morgan fingerprint density at radius 3 is 2.67 bits per heavy atom. The molecule has 0 bridgehead atoms. The van der Waals surface area contributed by atoms with Crippen molar-refractivity contribution in [3.63, 3.8) is 0 Å². The van der Waals surface area contributed by atoms with Crippen LogP contribution in [0.15, 0.2) is 17.5 Å². The number of nitrogens with two attached hydrogens (primary N) is 1. The number of rotatable bonds is 5. The van der Waals surface area contributed by atoms with E-state index in [9.17, 15) is 4.79 Å². The molecule has 0 radical (unpaired) electrons. The molecule has 4 heteroatoms. The third kappa shape index (κ3) is 4.78.